The third-order valence-corrected chi connectivity index (χ3v) is 5.71. The van der Waals surface area contributed by atoms with Crippen LogP contribution in [0.1, 0.15) is 24.0 Å². The fourth-order valence-corrected chi connectivity index (χ4v) is 3.91. The van der Waals surface area contributed by atoms with Crippen molar-refractivity contribution in [1.29, 1.82) is 0 Å². The zero-order valence-corrected chi connectivity index (χ0v) is 20.1. The Morgan fingerprint density at radius 3 is 2.89 bits per heavy atom. The van der Waals surface area contributed by atoms with Gasteiger partial charge in [0.05, 0.1) is 6.10 Å². The van der Waals surface area contributed by atoms with Gasteiger partial charge in [0.15, 0.2) is 5.96 Å². The van der Waals surface area contributed by atoms with Crippen molar-refractivity contribution in [2.24, 2.45) is 4.99 Å². The van der Waals surface area contributed by atoms with Gasteiger partial charge in [0, 0.05) is 50.4 Å². The number of hydrogen-bond acceptors (Lipinski definition) is 3. The van der Waals surface area contributed by atoms with Crippen LogP contribution in [0.3, 0.4) is 0 Å². The van der Waals surface area contributed by atoms with E-state index >= 15 is 0 Å². The lowest BCUT2D eigenvalue weighted by Crippen LogP contribution is -2.47. The van der Waals surface area contributed by atoms with Gasteiger partial charge in [-0.05, 0) is 37.0 Å². The standard InChI is InChI=1S/C19H26BrFN4O2.HI/c1-24(2)18(26)11-23-19(22-10-13-4-3-9-27-13)25-8-7-14-15(12-25)17(21)6-5-16(14)20;/h5-6,13H,3-4,7-12H2,1-2H3,(H,22,23);1H. The number of rotatable bonds is 4. The highest BCUT2D eigenvalue weighted by Gasteiger charge is 2.25. The molecule has 3 rings (SSSR count). The molecule has 6 nitrogen and oxygen atoms in total. The van der Waals surface area contributed by atoms with E-state index in [4.69, 9.17) is 4.74 Å². The van der Waals surface area contributed by atoms with Crippen LogP contribution < -0.4 is 5.32 Å². The van der Waals surface area contributed by atoms with E-state index in [0.717, 1.165) is 35.9 Å². The molecule has 28 heavy (non-hydrogen) atoms. The van der Waals surface area contributed by atoms with E-state index in [0.29, 0.717) is 31.2 Å². The molecule has 1 N–H and O–H groups in total. The Bertz CT molecular complexity index is 726. The fourth-order valence-electron chi connectivity index (χ4n) is 3.34. The van der Waals surface area contributed by atoms with Gasteiger partial charge in [0.2, 0.25) is 5.91 Å². The first-order valence-corrected chi connectivity index (χ1v) is 10.1. The van der Waals surface area contributed by atoms with Crippen LogP contribution in [0.2, 0.25) is 0 Å². The predicted molar refractivity (Wildman–Crippen MR) is 122 cm³/mol. The van der Waals surface area contributed by atoms with E-state index in [2.05, 4.69) is 26.2 Å². The summed E-state index contributed by atoms with van der Waals surface area (Å²) in [4.78, 5) is 20.0. The van der Waals surface area contributed by atoms with Crippen molar-refractivity contribution < 1.29 is 13.9 Å². The van der Waals surface area contributed by atoms with E-state index in [1.165, 1.54) is 11.0 Å². The van der Waals surface area contributed by atoms with Gasteiger partial charge in [-0.25, -0.2) is 9.38 Å². The summed E-state index contributed by atoms with van der Waals surface area (Å²) in [6, 6.07) is 3.24. The van der Waals surface area contributed by atoms with Gasteiger partial charge in [-0.1, -0.05) is 15.9 Å². The van der Waals surface area contributed by atoms with E-state index in [-0.39, 0.29) is 48.3 Å². The van der Waals surface area contributed by atoms with Crippen molar-refractivity contribution in [3.05, 3.63) is 33.5 Å². The molecule has 0 saturated carbocycles. The molecule has 1 aromatic rings. The molecular formula is C19H27BrFIN4O2. The van der Waals surface area contributed by atoms with Gasteiger partial charge in [0.1, 0.15) is 12.4 Å². The Labute approximate surface area is 191 Å². The largest absolute Gasteiger partial charge is 0.376 e. The second-order valence-corrected chi connectivity index (χ2v) is 7.96. The molecule has 2 aliphatic heterocycles. The van der Waals surface area contributed by atoms with Crippen LogP contribution >= 0.6 is 39.9 Å². The first-order valence-electron chi connectivity index (χ1n) is 9.26. The van der Waals surface area contributed by atoms with Gasteiger partial charge in [-0.15, -0.1) is 24.0 Å². The van der Waals surface area contributed by atoms with Crippen LogP contribution in [0.15, 0.2) is 21.6 Å². The van der Waals surface area contributed by atoms with E-state index in [1.807, 2.05) is 4.90 Å². The molecule has 1 atom stereocenters. The lowest BCUT2D eigenvalue weighted by atomic mass is 9.99. The molecule has 2 aliphatic rings. The molecule has 1 fully saturated rings. The molecule has 156 valence electrons. The number of benzene rings is 1. The van der Waals surface area contributed by atoms with E-state index in [1.54, 1.807) is 20.2 Å². The van der Waals surface area contributed by atoms with Crippen LogP contribution in [-0.2, 0) is 22.5 Å². The Morgan fingerprint density at radius 2 is 2.21 bits per heavy atom. The Morgan fingerprint density at radius 1 is 1.43 bits per heavy atom. The summed E-state index contributed by atoms with van der Waals surface area (Å²) < 4.78 is 21.0. The third-order valence-electron chi connectivity index (χ3n) is 4.97. The Hall–Kier alpha value is -0.940. The quantitative estimate of drug-likeness (QED) is 0.345. The van der Waals surface area contributed by atoms with Crippen LogP contribution in [0.5, 0.6) is 0 Å². The summed E-state index contributed by atoms with van der Waals surface area (Å²) in [5.41, 5.74) is 1.69. The number of hydrogen-bond donors (Lipinski definition) is 1. The van der Waals surface area contributed by atoms with Crippen LogP contribution in [-0.4, -0.2) is 68.1 Å². The zero-order chi connectivity index (χ0) is 19.4. The van der Waals surface area contributed by atoms with Gasteiger partial charge in [-0.3, -0.25) is 4.79 Å². The fraction of sp³-hybridized carbons (Fsp3) is 0.579. The van der Waals surface area contributed by atoms with Crippen molar-refractivity contribution in [3.63, 3.8) is 0 Å². The molecule has 0 spiro atoms. The number of ether oxygens (including phenoxy) is 1. The molecule has 9 heteroatoms. The molecule has 0 aromatic heterocycles. The number of amides is 1. The van der Waals surface area contributed by atoms with Crippen LogP contribution in [0.4, 0.5) is 4.39 Å². The molecule has 1 saturated heterocycles. The minimum Gasteiger partial charge on any atom is -0.376 e. The highest BCUT2D eigenvalue weighted by atomic mass is 127. The van der Waals surface area contributed by atoms with Crippen molar-refractivity contribution >= 4 is 51.8 Å². The predicted octanol–water partition coefficient (Wildman–Crippen LogP) is 2.78. The number of aliphatic imine (C=N–C) groups is 1. The lowest BCUT2D eigenvalue weighted by Gasteiger charge is -2.33. The number of fused-ring (bicyclic) bond motifs is 1. The minimum atomic E-state index is -0.208. The van der Waals surface area contributed by atoms with Crippen molar-refractivity contribution in [1.82, 2.24) is 15.1 Å². The van der Waals surface area contributed by atoms with Crippen LogP contribution in [0, 0.1) is 5.82 Å². The van der Waals surface area contributed by atoms with Gasteiger partial charge in [0.25, 0.3) is 0 Å². The van der Waals surface area contributed by atoms with Crippen molar-refractivity contribution in [2.75, 3.05) is 40.3 Å². The molecule has 2 heterocycles. The summed E-state index contributed by atoms with van der Waals surface area (Å²) in [6.07, 6.45) is 2.95. The van der Waals surface area contributed by atoms with Crippen molar-refractivity contribution in [3.8, 4) is 0 Å². The van der Waals surface area contributed by atoms with E-state index < -0.39 is 0 Å². The van der Waals surface area contributed by atoms with Crippen molar-refractivity contribution in [2.45, 2.75) is 31.9 Å². The second kappa shape index (κ2) is 10.7. The molecule has 1 unspecified atom stereocenters. The maximum Gasteiger partial charge on any atom is 0.243 e. The van der Waals surface area contributed by atoms with Crippen LogP contribution in [0.25, 0.3) is 0 Å². The summed E-state index contributed by atoms with van der Waals surface area (Å²) in [5, 5.41) is 3.34. The molecule has 1 amide bonds. The molecule has 0 radical (unpaired) electrons. The summed E-state index contributed by atoms with van der Waals surface area (Å²) >= 11 is 3.52. The highest BCUT2D eigenvalue weighted by molar-refractivity contribution is 14.0. The van der Waals surface area contributed by atoms with Gasteiger partial charge < -0.3 is 19.9 Å². The number of halogens is 3. The van der Waals surface area contributed by atoms with Gasteiger partial charge >= 0.3 is 0 Å². The molecule has 0 bridgehead atoms. The maximum atomic E-state index is 14.4. The Kier molecular flexibility index (Phi) is 8.94. The average molecular weight is 569 g/mol. The number of likely N-dealkylation sites (N-methyl/N-ethyl adjacent to an activating group) is 1. The number of nitrogens with one attached hydrogen (secondary N) is 1. The minimum absolute atomic E-state index is 0. The highest BCUT2D eigenvalue weighted by Crippen LogP contribution is 2.28. The lowest BCUT2D eigenvalue weighted by molar-refractivity contribution is -0.127. The summed E-state index contributed by atoms with van der Waals surface area (Å²) in [6.45, 7) is 2.62. The normalized spacial score (nSPS) is 19.1. The molecule has 0 aliphatic carbocycles. The second-order valence-electron chi connectivity index (χ2n) is 7.10. The zero-order valence-electron chi connectivity index (χ0n) is 16.2. The topological polar surface area (TPSA) is 57.2 Å². The number of nitrogens with zero attached hydrogens (tertiary/aromatic N) is 3. The first kappa shape index (κ1) is 23.3. The first-order chi connectivity index (χ1) is 13.0. The SMILES string of the molecule is CN(C)C(=O)CN=C(NCC1CCCO1)N1CCc2c(Br)ccc(F)c2C1.I. The number of carbonyl (C=O) groups is 1. The summed E-state index contributed by atoms with van der Waals surface area (Å²) in [5.74, 6) is 0.351. The monoisotopic (exact) mass is 568 g/mol. The smallest absolute Gasteiger partial charge is 0.243 e. The number of guanidine groups is 1. The molecular weight excluding hydrogens is 542 g/mol. The summed E-state index contributed by atoms with van der Waals surface area (Å²) in [7, 11) is 3.42. The van der Waals surface area contributed by atoms with Gasteiger partial charge in [-0.2, -0.15) is 0 Å². The van der Waals surface area contributed by atoms with E-state index in [9.17, 15) is 9.18 Å². The molecule has 1 aromatic carbocycles. The average Bonchev–Trinajstić information content (AvgIpc) is 3.18. The third kappa shape index (κ3) is 5.79. The maximum absolute atomic E-state index is 14.4. The Balaban J connectivity index is 0.00000280. The number of carbonyl (C=O) groups excluding carboxylic acids is 1.